The standard InChI is InChI=1S/C19H27BN3O2P/c1-18(2)19(3,4)25-20(24-18)14-9-7-13(8-10-14)15-12-21-17(22-15)16-6-5-11-23(16)26/h7-10,12,16H,5-6,11,26H2,1-4H3,(H,21,22)/t16-/m0/s1. The molecule has 0 spiro atoms. The van der Waals surface area contributed by atoms with E-state index in [1.807, 2.05) is 6.20 Å². The third kappa shape index (κ3) is 3.14. The maximum atomic E-state index is 6.13. The average molecular weight is 371 g/mol. The number of aromatic amines is 1. The summed E-state index contributed by atoms with van der Waals surface area (Å²) in [4.78, 5) is 8.09. The third-order valence-corrected chi connectivity index (χ3v) is 6.57. The van der Waals surface area contributed by atoms with Crippen molar-refractivity contribution >= 4 is 22.0 Å². The number of H-pyrrole nitrogens is 1. The molecule has 2 aromatic rings. The maximum Gasteiger partial charge on any atom is 0.494 e. The summed E-state index contributed by atoms with van der Waals surface area (Å²) in [7, 11) is 2.49. The second-order valence-corrected chi connectivity index (χ2v) is 8.95. The van der Waals surface area contributed by atoms with Crippen molar-refractivity contribution in [2.24, 2.45) is 0 Å². The van der Waals surface area contributed by atoms with Crippen LogP contribution >= 0.6 is 9.39 Å². The van der Waals surface area contributed by atoms with Gasteiger partial charge in [-0.2, -0.15) is 0 Å². The summed E-state index contributed by atoms with van der Waals surface area (Å²) in [6, 6.07) is 8.73. The molecular formula is C19H27BN3O2P. The van der Waals surface area contributed by atoms with Gasteiger partial charge in [-0.25, -0.2) is 4.98 Å². The molecule has 1 unspecified atom stereocenters. The van der Waals surface area contributed by atoms with Gasteiger partial charge in [0, 0.05) is 6.54 Å². The lowest BCUT2D eigenvalue weighted by Crippen LogP contribution is -2.41. The van der Waals surface area contributed by atoms with Gasteiger partial charge in [0.25, 0.3) is 0 Å². The Bertz CT molecular complexity index is 774. The quantitative estimate of drug-likeness (QED) is 0.665. The highest BCUT2D eigenvalue weighted by molar-refractivity contribution is 7.13. The normalized spacial score (nSPS) is 25.1. The molecule has 1 aromatic heterocycles. The van der Waals surface area contributed by atoms with Gasteiger partial charge in [-0.15, -0.1) is 0 Å². The van der Waals surface area contributed by atoms with E-state index in [4.69, 9.17) is 9.31 Å². The first-order chi connectivity index (χ1) is 12.3. The molecule has 2 aliphatic rings. The number of hydrogen-bond acceptors (Lipinski definition) is 4. The summed E-state index contributed by atoms with van der Waals surface area (Å²) in [5.74, 6) is 1.04. The highest BCUT2D eigenvalue weighted by Crippen LogP contribution is 2.37. The summed E-state index contributed by atoms with van der Waals surface area (Å²) in [5, 5.41) is 0. The van der Waals surface area contributed by atoms with E-state index < -0.39 is 0 Å². The summed E-state index contributed by atoms with van der Waals surface area (Å²) in [5.41, 5.74) is 2.57. The van der Waals surface area contributed by atoms with Crippen LogP contribution in [0.4, 0.5) is 0 Å². The van der Waals surface area contributed by atoms with Crippen LogP contribution in [0.25, 0.3) is 11.3 Å². The largest absolute Gasteiger partial charge is 0.494 e. The van der Waals surface area contributed by atoms with Crippen molar-refractivity contribution in [1.82, 2.24) is 14.6 Å². The molecule has 0 radical (unpaired) electrons. The molecule has 138 valence electrons. The van der Waals surface area contributed by atoms with Crippen LogP contribution in [-0.2, 0) is 9.31 Å². The van der Waals surface area contributed by atoms with Crippen LogP contribution in [0.15, 0.2) is 30.5 Å². The van der Waals surface area contributed by atoms with Crippen LogP contribution in [-0.4, -0.2) is 39.5 Å². The molecule has 3 heterocycles. The molecule has 0 bridgehead atoms. The van der Waals surface area contributed by atoms with Crippen molar-refractivity contribution in [2.45, 2.75) is 57.8 Å². The topological polar surface area (TPSA) is 50.4 Å². The third-order valence-electron chi connectivity index (χ3n) is 5.95. The average Bonchev–Trinajstić information content (AvgIpc) is 3.26. The highest BCUT2D eigenvalue weighted by atomic mass is 31.0. The predicted molar refractivity (Wildman–Crippen MR) is 108 cm³/mol. The lowest BCUT2D eigenvalue weighted by Gasteiger charge is -2.32. The van der Waals surface area contributed by atoms with Gasteiger partial charge in [-0.05, 0) is 51.6 Å². The van der Waals surface area contributed by atoms with Crippen LogP contribution < -0.4 is 5.46 Å². The lowest BCUT2D eigenvalue weighted by molar-refractivity contribution is 0.00578. The molecule has 0 saturated carbocycles. The van der Waals surface area contributed by atoms with E-state index in [9.17, 15) is 0 Å². The lowest BCUT2D eigenvalue weighted by atomic mass is 9.79. The molecule has 1 N–H and O–H groups in total. The van der Waals surface area contributed by atoms with Gasteiger partial charge in [0.05, 0.1) is 29.1 Å². The van der Waals surface area contributed by atoms with Crippen molar-refractivity contribution in [3.8, 4) is 11.3 Å². The minimum absolute atomic E-state index is 0.320. The Hall–Kier alpha value is -1.20. The second kappa shape index (κ2) is 6.45. The fourth-order valence-corrected chi connectivity index (χ4v) is 4.01. The Balaban J connectivity index is 1.51. The Morgan fingerprint density at radius 3 is 2.38 bits per heavy atom. The zero-order valence-corrected chi connectivity index (χ0v) is 17.1. The number of rotatable bonds is 3. The van der Waals surface area contributed by atoms with E-state index in [1.165, 1.54) is 6.42 Å². The van der Waals surface area contributed by atoms with Gasteiger partial charge in [0.15, 0.2) is 0 Å². The fraction of sp³-hybridized carbons (Fsp3) is 0.526. The summed E-state index contributed by atoms with van der Waals surface area (Å²) in [6.45, 7) is 9.41. The van der Waals surface area contributed by atoms with Gasteiger partial charge in [0.1, 0.15) is 5.82 Å². The molecular weight excluding hydrogens is 344 g/mol. The van der Waals surface area contributed by atoms with Crippen LogP contribution in [0, 0.1) is 0 Å². The Labute approximate surface area is 158 Å². The molecule has 1 aromatic carbocycles. The van der Waals surface area contributed by atoms with Gasteiger partial charge in [0.2, 0.25) is 0 Å². The Morgan fingerprint density at radius 1 is 1.15 bits per heavy atom. The first-order valence-corrected chi connectivity index (χ1v) is 9.81. The first-order valence-electron chi connectivity index (χ1n) is 9.29. The summed E-state index contributed by atoms with van der Waals surface area (Å²) >= 11 is 0. The molecule has 2 aliphatic heterocycles. The minimum Gasteiger partial charge on any atom is -0.399 e. The van der Waals surface area contributed by atoms with Crippen LogP contribution in [0.2, 0.25) is 0 Å². The molecule has 2 atom stereocenters. The Kier molecular flexibility index (Phi) is 4.51. The van der Waals surface area contributed by atoms with Crippen molar-refractivity contribution < 1.29 is 9.31 Å². The number of nitrogens with one attached hydrogen (secondary N) is 1. The molecule has 4 rings (SSSR count). The first kappa shape index (κ1) is 18.2. The van der Waals surface area contributed by atoms with Crippen LogP contribution in [0.3, 0.4) is 0 Å². The monoisotopic (exact) mass is 371 g/mol. The van der Waals surface area contributed by atoms with Crippen LogP contribution in [0.5, 0.6) is 0 Å². The van der Waals surface area contributed by atoms with Gasteiger partial charge in [-0.1, -0.05) is 33.7 Å². The maximum absolute atomic E-state index is 6.13. The van der Waals surface area contributed by atoms with Crippen LogP contribution in [0.1, 0.15) is 52.4 Å². The SMILES string of the molecule is CC1(C)OB(c2ccc(-c3cnc([C@@H]4CCCN4P)[nH]3)cc2)OC1(C)C. The van der Waals surface area contributed by atoms with E-state index in [2.05, 4.69) is 76.0 Å². The molecule has 26 heavy (non-hydrogen) atoms. The number of hydrogen-bond donors (Lipinski definition) is 1. The van der Waals surface area contributed by atoms with Gasteiger partial charge < -0.3 is 14.3 Å². The van der Waals surface area contributed by atoms with E-state index in [1.54, 1.807) is 0 Å². The van der Waals surface area contributed by atoms with Gasteiger partial charge in [-0.3, -0.25) is 4.67 Å². The molecule has 2 saturated heterocycles. The smallest absolute Gasteiger partial charge is 0.399 e. The van der Waals surface area contributed by atoms with E-state index in [0.29, 0.717) is 6.04 Å². The number of nitrogens with zero attached hydrogens (tertiary/aromatic N) is 2. The summed E-state index contributed by atoms with van der Waals surface area (Å²) < 4.78 is 14.5. The predicted octanol–water partition coefficient (Wildman–Crippen LogP) is 3.30. The van der Waals surface area contributed by atoms with E-state index in [0.717, 1.165) is 35.5 Å². The highest BCUT2D eigenvalue weighted by Gasteiger charge is 2.51. The summed E-state index contributed by atoms with van der Waals surface area (Å²) in [6.07, 6.45) is 4.29. The molecule has 0 aliphatic carbocycles. The van der Waals surface area contributed by atoms with Crippen molar-refractivity contribution in [1.29, 1.82) is 0 Å². The molecule has 0 amide bonds. The number of aromatic nitrogens is 2. The van der Waals surface area contributed by atoms with Crippen molar-refractivity contribution in [3.05, 3.63) is 36.3 Å². The van der Waals surface area contributed by atoms with E-state index in [-0.39, 0.29) is 18.3 Å². The zero-order chi connectivity index (χ0) is 18.5. The number of imidazole rings is 1. The molecule has 7 heteroatoms. The molecule has 2 fully saturated rings. The fourth-order valence-electron chi connectivity index (χ4n) is 3.53. The number of benzene rings is 1. The van der Waals surface area contributed by atoms with Crippen molar-refractivity contribution in [2.75, 3.05) is 6.54 Å². The van der Waals surface area contributed by atoms with Gasteiger partial charge >= 0.3 is 7.12 Å². The zero-order valence-electron chi connectivity index (χ0n) is 16.0. The Morgan fingerprint density at radius 2 is 1.81 bits per heavy atom. The van der Waals surface area contributed by atoms with E-state index >= 15 is 0 Å². The minimum atomic E-state index is -0.324. The van der Waals surface area contributed by atoms with Crippen molar-refractivity contribution in [3.63, 3.8) is 0 Å². The molecule has 5 nitrogen and oxygen atoms in total. The second-order valence-electron chi connectivity index (χ2n) is 8.29.